The van der Waals surface area contributed by atoms with Crippen LogP contribution >= 0.6 is 0 Å². The number of esters is 2. The molecule has 0 unspecified atom stereocenters. The molecule has 0 fully saturated rings. The van der Waals surface area contributed by atoms with Gasteiger partial charge in [-0.25, -0.2) is 22.0 Å². The topological polar surface area (TPSA) is 91.7 Å². The highest BCUT2D eigenvalue weighted by Crippen LogP contribution is 2.41. The molecule has 8 heteroatoms. The third-order valence-corrected chi connectivity index (χ3v) is 6.38. The monoisotopic (exact) mass is 411 g/mol. The molecule has 1 aliphatic rings. The summed E-state index contributed by atoms with van der Waals surface area (Å²) in [5, 5.41) is 0.492. The van der Waals surface area contributed by atoms with Crippen LogP contribution in [0.5, 0.6) is 0 Å². The number of cyclic esters (lactones) is 1. The van der Waals surface area contributed by atoms with Gasteiger partial charge in [0.2, 0.25) is 0 Å². The Labute approximate surface area is 167 Å². The number of carbonyl (C=O) groups excluding carboxylic acids is 2. The Morgan fingerprint density at radius 2 is 1.72 bits per heavy atom. The number of nitrogens with zero attached hydrogens (tertiary/aromatic N) is 1. The van der Waals surface area contributed by atoms with Crippen molar-refractivity contribution in [3.8, 4) is 0 Å². The lowest BCUT2D eigenvalue weighted by atomic mass is 10.1. The molecule has 4 rings (SSSR count). The Hall–Kier alpha value is -3.39. The summed E-state index contributed by atoms with van der Waals surface area (Å²) in [6, 6.07) is 14.5. The van der Waals surface area contributed by atoms with Crippen LogP contribution in [0.15, 0.2) is 65.1 Å². The number of carbonyl (C=O) groups is 2. The fraction of sp³-hybridized carbons (Fsp3) is 0.143. The van der Waals surface area contributed by atoms with Crippen molar-refractivity contribution in [2.24, 2.45) is 0 Å². The largest absolute Gasteiger partial charge is 0.463 e. The van der Waals surface area contributed by atoms with E-state index in [1.54, 1.807) is 49.4 Å². The lowest BCUT2D eigenvalue weighted by Gasteiger charge is -2.10. The summed E-state index contributed by atoms with van der Waals surface area (Å²) in [7, 11) is -4.08. The van der Waals surface area contributed by atoms with Gasteiger partial charge in [0.05, 0.1) is 28.2 Å². The van der Waals surface area contributed by atoms with Crippen LogP contribution in [0.4, 0.5) is 0 Å². The minimum absolute atomic E-state index is 0.0154. The summed E-state index contributed by atoms with van der Waals surface area (Å²) >= 11 is 0. The standard InChI is InChI=1S/C21H17NO6S/c1-3-27-20(23)13(2)19-17-15-11-7-8-12-16(15)22(18(17)21(24)28-19)29(25,26)14-9-5-4-6-10-14/h4-12H,3H2,1-2H3/b19-13-. The lowest BCUT2D eigenvalue weighted by Crippen LogP contribution is -2.17. The first-order chi connectivity index (χ1) is 13.9. The number of para-hydroxylation sites is 1. The van der Waals surface area contributed by atoms with Crippen LogP contribution in [0, 0.1) is 0 Å². The molecule has 0 N–H and O–H groups in total. The lowest BCUT2D eigenvalue weighted by molar-refractivity contribution is -0.138. The van der Waals surface area contributed by atoms with Crippen LogP contribution in [0.25, 0.3) is 16.7 Å². The zero-order valence-corrected chi connectivity index (χ0v) is 16.5. The number of ether oxygens (including phenoxy) is 2. The van der Waals surface area contributed by atoms with Crippen molar-refractivity contribution >= 4 is 38.6 Å². The molecule has 2 heterocycles. The second-order valence-electron chi connectivity index (χ2n) is 6.39. The third-order valence-electron chi connectivity index (χ3n) is 4.65. The SMILES string of the molecule is CCOC(=O)/C(C)=C1\OC(=O)c2c1c1ccccc1n2S(=O)(=O)c1ccccc1. The minimum Gasteiger partial charge on any atom is -0.463 e. The van der Waals surface area contributed by atoms with Gasteiger partial charge in [0.25, 0.3) is 10.0 Å². The summed E-state index contributed by atoms with van der Waals surface area (Å²) in [6.45, 7) is 3.31. The summed E-state index contributed by atoms with van der Waals surface area (Å²) in [6.07, 6.45) is 0. The third kappa shape index (κ3) is 2.84. The molecule has 7 nitrogen and oxygen atoms in total. The summed E-state index contributed by atoms with van der Waals surface area (Å²) in [4.78, 5) is 25.0. The van der Waals surface area contributed by atoms with Crippen molar-refractivity contribution in [3.63, 3.8) is 0 Å². The number of fused-ring (bicyclic) bond motifs is 3. The van der Waals surface area contributed by atoms with Crippen molar-refractivity contribution in [3.05, 3.63) is 71.4 Å². The highest BCUT2D eigenvalue weighted by Gasteiger charge is 2.40. The van der Waals surface area contributed by atoms with E-state index in [9.17, 15) is 18.0 Å². The second kappa shape index (κ2) is 6.89. The minimum atomic E-state index is -4.08. The van der Waals surface area contributed by atoms with Crippen LogP contribution in [0.1, 0.15) is 29.9 Å². The molecule has 0 aliphatic carbocycles. The smallest absolute Gasteiger partial charge is 0.362 e. The second-order valence-corrected chi connectivity index (χ2v) is 8.17. The van der Waals surface area contributed by atoms with E-state index in [1.807, 2.05) is 0 Å². The average Bonchev–Trinajstić information content (AvgIpc) is 3.24. The Morgan fingerprint density at radius 1 is 1.07 bits per heavy atom. The van der Waals surface area contributed by atoms with E-state index in [4.69, 9.17) is 9.47 Å². The molecule has 0 radical (unpaired) electrons. The van der Waals surface area contributed by atoms with Crippen molar-refractivity contribution in [2.45, 2.75) is 18.7 Å². The summed E-state index contributed by atoms with van der Waals surface area (Å²) in [5.74, 6) is -1.46. The van der Waals surface area contributed by atoms with Gasteiger partial charge in [0, 0.05) is 5.39 Å². The number of hydrogen-bond acceptors (Lipinski definition) is 6. The van der Waals surface area contributed by atoms with E-state index in [0.29, 0.717) is 10.9 Å². The van der Waals surface area contributed by atoms with Gasteiger partial charge in [0.15, 0.2) is 11.5 Å². The predicted octanol–water partition coefficient (Wildman–Crippen LogP) is 3.34. The number of hydrogen-bond donors (Lipinski definition) is 0. The van der Waals surface area contributed by atoms with Crippen molar-refractivity contribution in [1.82, 2.24) is 3.97 Å². The van der Waals surface area contributed by atoms with Crippen LogP contribution in [0.3, 0.4) is 0 Å². The van der Waals surface area contributed by atoms with Gasteiger partial charge in [-0.1, -0.05) is 36.4 Å². The van der Waals surface area contributed by atoms with Gasteiger partial charge < -0.3 is 9.47 Å². The fourth-order valence-corrected chi connectivity index (χ4v) is 4.90. The van der Waals surface area contributed by atoms with Crippen LogP contribution in [0.2, 0.25) is 0 Å². The molecule has 148 valence electrons. The Kier molecular flexibility index (Phi) is 4.50. The maximum Gasteiger partial charge on any atom is 0.362 e. The van der Waals surface area contributed by atoms with E-state index in [-0.39, 0.29) is 34.1 Å². The molecule has 29 heavy (non-hydrogen) atoms. The van der Waals surface area contributed by atoms with E-state index in [2.05, 4.69) is 0 Å². The normalized spacial score (nSPS) is 15.2. The summed E-state index contributed by atoms with van der Waals surface area (Å²) in [5.41, 5.74) is 0.565. The van der Waals surface area contributed by atoms with Crippen LogP contribution in [-0.2, 0) is 24.3 Å². The van der Waals surface area contributed by atoms with Gasteiger partial charge in [-0.2, -0.15) is 0 Å². The fourth-order valence-electron chi connectivity index (χ4n) is 3.36. The molecule has 0 spiro atoms. The maximum absolute atomic E-state index is 13.4. The predicted molar refractivity (Wildman–Crippen MR) is 106 cm³/mol. The Balaban J connectivity index is 2.07. The molecule has 0 saturated carbocycles. The molecule has 0 amide bonds. The van der Waals surface area contributed by atoms with Crippen molar-refractivity contribution in [1.29, 1.82) is 0 Å². The van der Waals surface area contributed by atoms with E-state index in [1.165, 1.54) is 19.1 Å². The zero-order chi connectivity index (χ0) is 20.8. The van der Waals surface area contributed by atoms with Crippen molar-refractivity contribution < 1.29 is 27.5 Å². The molecule has 3 aromatic rings. The first-order valence-electron chi connectivity index (χ1n) is 8.92. The Morgan fingerprint density at radius 3 is 2.41 bits per heavy atom. The molecule has 0 saturated heterocycles. The zero-order valence-electron chi connectivity index (χ0n) is 15.7. The van der Waals surface area contributed by atoms with E-state index in [0.717, 1.165) is 3.97 Å². The molecule has 0 atom stereocenters. The highest BCUT2D eigenvalue weighted by atomic mass is 32.2. The molecular weight excluding hydrogens is 394 g/mol. The quantitative estimate of drug-likeness (QED) is 0.483. The molecule has 1 aromatic heterocycles. The van der Waals surface area contributed by atoms with E-state index < -0.39 is 22.0 Å². The molecular formula is C21H17NO6S. The Bertz CT molecular complexity index is 1290. The van der Waals surface area contributed by atoms with Crippen LogP contribution < -0.4 is 0 Å². The number of rotatable bonds is 4. The average molecular weight is 411 g/mol. The van der Waals surface area contributed by atoms with E-state index >= 15 is 0 Å². The van der Waals surface area contributed by atoms with Crippen LogP contribution in [-0.4, -0.2) is 30.9 Å². The van der Waals surface area contributed by atoms with Crippen molar-refractivity contribution in [2.75, 3.05) is 6.61 Å². The maximum atomic E-state index is 13.4. The first-order valence-corrected chi connectivity index (χ1v) is 10.4. The molecule has 2 aromatic carbocycles. The highest BCUT2D eigenvalue weighted by molar-refractivity contribution is 7.90. The van der Waals surface area contributed by atoms with Gasteiger partial charge >= 0.3 is 11.9 Å². The first kappa shape index (κ1) is 18.9. The summed E-state index contributed by atoms with van der Waals surface area (Å²) < 4.78 is 38.1. The van der Waals surface area contributed by atoms with Gasteiger partial charge in [-0.15, -0.1) is 0 Å². The number of aromatic nitrogens is 1. The van der Waals surface area contributed by atoms with Gasteiger partial charge in [-0.3, -0.25) is 0 Å². The molecule has 0 bridgehead atoms. The van der Waals surface area contributed by atoms with Gasteiger partial charge in [0.1, 0.15) is 0 Å². The molecule has 1 aliphatic heterocycles. The van der Waals surface area contributed by atoms with Gasteiger partial charge in [-0.05, 0) is 32.0 Å². The number of benzene rings is 2.